The van der Waals surface area contributed by atoms with E-state index in [-0.39, 0.29) is 5.75 Å². The van der Waals surface area contributed by atoms with Crippen LogP contribution in [0, 0.1) is 0 Å². The first-order valence-corrected chi connectivity index (χ1v) is 7.31. The van der Waals surface area contributed by atoms with Crippen molar-refractivity contribution in [3.63, 3.8) is 0 Å². The molecule has 0 radical (unpaired) electrons. The molecule has 0 aliphatic carbocycles. The van der Waals surface area contributed by atoms with E-state index in [2.05, 4.69) is 5.10 Å². The average Bonchev–Trinajstić information content (AvgIpc) is 2.33. The maximum absolute atomic E-state index is 10.4. The molecule has 2 aromatic rings. The van der Waals surface area contributed by atoms with Gasteiger partial charge >= 0.3 is 0 Å². The fourth-order valence-corrected chi connectivity index (χ4v) is 2.29. The summed E-state index contributed by atoms with van der Waals surface area (Å²) in [5.74, 6) is -0.304. The lowest BCUT2D eigenvalue weighted by Crippen LogP contribution is -2.37. The van der Waals surface area contributed by atoms with Crippen LogP contribution in [0.2, 0.25) is 0 Å². The molecule has 6 heteroatoms. The van der Waals surface area contributed by atoms with Gasteiger partial charge in [0.2, 0.25) is 0 Å². The maximum Gasteiger partial charge on any atom is 0.196 e. The number of aryl methyl sites for hydroxylation is 1. The third-order valence-electron chi connectivity index (χ3n) is 2.63. The first-order chi connectivity index (χ1) is 8.54. The van der Waals surface area contributed by atoms with Gasteiger partial charge in [0.25, 0.3) is 0 Å². The lowest BCUT2D eigenvalue weighted by atomic mass is 10.2. The highest BCUT2D eigenvalue weighted by Gasteiger charge is 2.05. The molecular weight excluding hydrogens is 252 g/mol. The highest BCUT2D eigenvalue weighted by Crippen LogP contribution is 2.06. The summed E-state index contributed by atoms with van der Waals surface area (Å²) >= 11 is 0. The molecule has 0 saturated heterocycles. The molecule has 5 nitrogen and oxygen atoms in total. The molecule has 2 rings (SSSR count). The van der Waals surface area contributed by atoms with Crippen LogP contribution in [0.25, 0.3) is 10.9 Å². The van der Waals surface area contributed by atoms with Crippen LogP contribution < -0.4 is 4.68 Å². The Hall–Kier alpha value is -1.53. The van der Waals surface area contributed by atoms with Gasteiger partial charge in [-0.25, -0.2) is 8.42 Å². The second kappa shape index (κ2) is 5.41. The number of benzene rings is 1. The second-order valence-electron chi connectivity index (χ2n) is 4.11. The van der Waals surface area contributed by atoms with Crippen molar-refractivity contribution in [3.05, 3.63) is 36.5 Å². The zero-order chi connectivity index (χ0) is 13.0. The lowest BCUT2D eigenvalue weighted by Gasteiger charge is -2.04. The molecule has 0 aliphatic rings. The van der Waals surface area contributed by atoms with Gasteiger partial charge < -0.3 is 4.55 Å². The van der Waals surface area contributed by atoms with Crippen molar-refractivity contribution in [1.82, 2.24) is 5.10 Å². The van der Waals surface area contributed by atoms with Crippen LogP contribution in [-0.4, -0.2) is 23.8 Å². The maximum atomic E-state index is 10.4. The molecule has 0 N–H and O–H groups in total. The van der Waals surface area contributed by atoms with Gasteiger partial charge in [-0.3, -0.25) is 0 Å². The summed E-state index contributed by atoms with van der Waals surface area (Å²) in [6.45, 7) is 0.611. The third-order valence-corrected chi connectivity index (χ3v) is 3.42. The van der Waals surface area contributed by atoms with Crippen molar-refractivity contribution in [2.75, 3.05) is 5.75 Å². The predicted octanol–water partition coefficient (Wildman–Crippen LogP) is 0.848. The van der Waals surface area contributed by atoms with E-state index in [9.17, 15) is 13.0 Å². The Labute approximate surface area is 106 Å². The second-order valence-corrected chi connectivity index (χ2v) is 5.63. The monoisotopic (exact) mass is 266 g/mol. The quantitative estimate of drug-likeness (QED) is 0.457. The summed E-state index contributed by atoms with van der Waals surface area (Å²) in [7, 11) is -4.09. The summed E-state index contributed by atoms with van der Waals surface area (Å²) in [5, 5.41) is 5.46. The van der Waals surface area contributed by atoms with E-state index in [1.807, 2.05) is 36.5 Å². The Bertz CT molecular complexity index is 641. The number of hydrogen-bond acceptors (Lipinski definition) is 4. The van der Waals surface area contributed by atoms with Gasteiger partial charge in [-0.15, -0.1) is 0 Å². The van der Waals surface area contributed by atoms with Gasteiger partial charge in [-0.05, 0) is 12.5 Å². The highest BCUT2D eigenvalue weighted by atomic mass is 32.2. The Morgan fingerprint density at radius 2 is 1.94 bits per heavy atom. The van der Waals surface area contributed by atoms with Gasteiger partial charge in [-0.2, -0.15) is 0 Å². The molecule has 0 unspecified atom stereocenters. The van der Waals surface area contributed by atoms with Gasteiger partial charge in [0, 0.05) is 28.7 Å². The summed E-state index contributed by atoms with van der Waals surface area (Å²) in [6.07, 6.45) is 2.85. The van der Waals surface area contributed by atoms with Crippen molar-refractivity contribution in [1.29, 1.82) is 0 Å². The number of unbranched alkanes of at least 4 members (excludes halogenated alkanes) is 1. The largest absolute Gasteiger partial charge is 0.748 e. The van der Waals surface area contributed by atoms with E-state index in [1.165, 1.54) is 0 Å². The smallest absolute Gasteiger partial charge is 0.196 e. The fourth-order valence-electron chi connectivity index (χ4n) is 1.73. The van der Waals surface area contributed by atoms with Crippen molar-refractivity contribution < 1.29 is 17.7 Å². The van der Waals surface area contributed by atoms with Crippen molar-refractivity contribution >= 4 is 21.0 Å². The number of rotatable bonds is 5. The van der Waals surface area contributed by atoms with Crippen LogP contribution in [0.15, 0.2) is 36.5 Å². The highest BCUT2D eigenvalue weighted by molar-refractivity contribution is 7.85. The normalized spacial score (nSPS) is 11.8. The lowest BCUT2D eigenvalue weighted by molar-refractivity contribution is -0.752. The van der Waals surface area contributed by atoms with Gasteiger partial charge in [-0.1, -0.05) is 22.9 Å². The summed E-state index contributed by atoms with van der Waals surface area (Å²) in [5.41, 5.74) is 0.899. The standard InChI is InChI=1S/C12H14N2O3S/c15-18(16,17)10-4-3-8-14-9-7-11-5-1-2-6-12(11)13-14/h1-2,5-7,9H,3-4,8,10H2. The van der Waals surface area contributed by atoms with E-state index in [1.54, 1.807) is 4.68 Å². The number of aromatic nitrogens is 2. The molecule has 1 heterocycles. The van der Waals surface area contributed by atoms with Gasteiger partial charge in [0.15, 0.2) is 12.7 Å². The Balaban J connectivity index is 1.96. The molecule has 1 aromatic heterocycles. The molecule has 1 aromatic carbocycles. The zero-order valence-electron chi connectivity index (χ0n) is 9.82. The van der Waals surface area contributed by atoms with E-state index >= 15 is 0 Å². The summed E-state index contributed by atoms with van der Waals surface area (Å²) < 4.78 is 33.1. The first kappa shape index (κ1) is 12.9. The minimum atomic E-state index is -4.09. The van der Waals surface area contributed by atoms with E-state index in [4.69, 9.17) is 0 Å². The van der Waals surface area contributed by atoms with Crippen molar-refractivity contribution in [2.45, 2.75) is 19.4 Å². The van der Waals surface area contributed by atoms with Gasteiger partial charge in [0.05, 0.1) is 10.1 Å². The van der Waals surface area contributed by atoms with Crippen LogP contribution in [0.3, 0.4) is 0 Å². The Kier molecular flexibility index (Phi) is 3.88. The molecule has 0 amide bonds. The SMILES string of the molecule is O=S(=O)([O-])CCCC[n+]1ccc2ccccc2n1. The minimum Gasteiger partial charge on any atom is -0.748 e. The molecule has 0 saturated carbocycles. The van der Waals surface area contributed by atoms with Gasteiger partial charge in [0.1, 0.15) is 5.52 Å². The zero-order valence-corrected chi connectivity index (χ0v) is 10.6. The number of fused-ring (bicyclic) bond motifs is 1. The topological polar surface area (TPSA) is 74.0 Å². The minimum absolute atomic E-state index is 0.304. The Morgan fingerprint density at radius 1 is 1.17 bits per heavy atom. The summed E-state index contributed by atoms with van der Waals surface area (Å²) in [6, 6.07) is 9.74. The molecule has 0 fully saturated rings. The average molecular weight is 266 g/mol. The van der Waals surface area contributed by atoms with E-state index in [0.29, 0.717) is 19.4 Å². The van der Waals surface area contributed by atoms with Crippen LogP contribution >= 0.6 is 0 Å². The summed E-state index contributed by atoms with van der Waals surface area (Å²) in [4.78, 5) is 0. The van der Waals surface area contributed by atoms with E-state index < -0.39 is 10.1 Å². The predicted molar refractivity (Wildman–Crippen MR) is 65.7 cm³/mol. The number of hydrogen-bond donors (Lipinski definition) is 0. The van der Waals surface area contributed by atoms with Crippen LogP contribution in [-0.2, 0) is 16.7 Å². The van der Waals surface area contributed by atoms with Crippen molar-refractivity contribution in [2.24, 2.45) is 0 Å². The first-order valence-electron chi connectivity index (χ1n) is 5.74. The van der Waals surface area contributed by atoms with Crippen LogP contribution in [0.5, 0.6) is 0 Å². The molecule has 0 aliphatic heterocycles. The molecule has 0 spiro atoms. The molecular formula is C12H14N2O3S. The Morgan fingerprint density at radius 3 is 2.72 bits per heavy atom. The molecule has 18 heavy (non-hydrogen) atoms. The number of nitrogens with zero attached hydrogens (tertiary/aromatic N) is 2. The molecule has 96 valence electrons. The molecule has 0 atom stereocenters. The molecule has 0 bridgehead atoms. The van der Waals surface area contributed by atoms with E-state index in [0.717, 1.165) is 10.9 Å². The van der Waals surface area contributed by atoms with Crippen LogP contribution in [0.4, 0.5) is 0 Å². The third kappa shape index (κ3) is 3.75. The fraction of sp³-hybridized carbons (Fsp3) is 0.333. The van der Waals surface area contributed by atoms with Crippen LogP contribution in [0.1, 0.15) is 12.8 Å². The van der Waals surface area contributed by atoms with Crippen molar-refractivity contribution in [3.8, 4) is 0 Å².